The quantitative estimate of drug-likeness (QED) is 0.622. The Labute approximate surface area is 169 Å². The lowest BCUT2D eigenvalue weighted by molar-refractivity contribution is -0.130. The Hall–Kier alpha value is -3.28. The Kier molecular flexibility index (Phi) is 5.51. The number of benzene rings is 2. The fourth-order valence-corrected chi connectivity index (χ4v) is 3.63. The minimum absolute atomic E-state index is 0.167. The van der Waals surface area contributed by atoms with E-state index in [9.17, 15) is 9.59 Å². The summed E-state index contributed by atoms with van der Waals surface area (Å²) < 4.78 is 10.6. The zero-order valence-corrected chi connectivity index (χ0v) is 16.5. The van der Waals surface area contributed by atoms with Crippen molar-refractivity contribution in [1.82, 2.24) is 4.90 Å². The van der Waals surface area contributed by atoms with E-state index >= 15 is 0 Å². The van der Waals surface area contributed by atoms with E-state index in [1.165, 1.54) is 0 Å². The Bertz CT molecular complexity index is 1000. The topological polar surface area (TPSA) is 63.0 Å². The second-order valence-corrected chi connectivity index (χ2v) is 7.08. The van der Waals surface area contributed by atoms with Gasteiger partial charge in [-0.3, -0.25) is 4.79 Å². The number of rotatable bonds is 5. The van der Waals surface area contributed by atoms with Crippen LogP contribution in [0, 0.1) is 0 Å². The van der Waals surface area contributed by atoms with Gasteiger partial charge in [-0.25, -0.2) is 4.79 Å². The summed E-state index contributed by atoms with van der Waals surface area (Å²) in [6.45, 7) is 5.02. The predicted molar refractivity (Wildman–Crippen MR) is 111 cm³/mol. The average Bonchev–Trinajstić information content (AvgIpc) is 3.18. The van der Waals surface area contributed by atoms with Crippen LogP contribution in [0.2, 0.25) is 0 Å². The van der Waals surface area contributed by atoms with Crippen LogP contribution in [-0.2, 0) is 16.0 Å². The summed E-state index contributed by atoms with van der Waals surface area (Å²) in [5.41, 5.74) is 2.76. The smallest absolute Gasteiger partial charge is 0.374 e. The zero-order valence-electron chi connectivity index (χ0n) is 16.5. The highest BCUT2D eigenvalue weighted by Gasteiger charge is 2.22. The minimum Gasteiger partial charge on any atom is -0.460 e. The summed E-state index contributed by atoms with van der Waals surface area (Å²) in [5, 5.41) is 0.869. The fourth-order valence-electron chi connectivity index (χ4n) is 3.63. The second-order valence-electron chi connectivity index (χ2n) is 7.08. The van der Waals surface area contributed by atoms with Gasteiger partial charge < -0.3 is 19.0 Å². The standard InChI is InChI=1S/C23H24N2O4/c1-2-28-23(27)21-16-18-15-19(8-9-20(18)29-21)24-10-12-25(13-11-24)22(26)14-17-6-4-3-5-7-17/h3-9,15-16H,2,10-14H2,1H3. The van der Waals surface area contributed by atoms with Crippen molar-refractivity contribution in [2.45, 2.75) is 13.3 Å². The van der Waals surface area contributed by atoms with E-state index in [-0.39, 0.29) is 11.7 Å². The summed E-state index contributed by atoms with van der Waals surface area (Å²) in [4.78, 5) is 28.6. The van der Waals surface area contributed by atoms with Crippen LogP contribution >= 0.6 is 0 Å². The van der Waals surface area contributed by atoms with Crippen molar-refractivity contribution in [3.8, 4) is 0 Å². The highest BCUT2D eigenvalue weighted by atomic mass is 16.5. The molecule has 2 aromatic carbocycles. The molecule has 3 aromatic rings. The second kappa shape index (κ2) is 8.39. The largest absolute Gasteiger partial charge is 0.460 e. The lowest BCUT2D eigenvalue weighted by Crippen LogP contribution is -2.49. The van der Waals surface area contributed by atoms with E-state index in [1.807, 2.05) is 53.4 Å². The van der Waals surface area contributed by atoms with Gasteiger partial charge in [0.1, 0.15) is 5.58 Å². The first-order valence-electron chi connectivity index (χ1n) is 9.91. The molecule has 4 rings (SSSR count). The summed E-state index contributed by atoms with van der Waals surface area (Å²) in [5.74, 6) is -0.0636. The molecule has 1 aliphatic rings. The molecule has 0 unspecified atom stereocenters. The van der Waals surface area contributed by atoms with Crippen LogP contribution in [0.3, 0.4) is 0 Å². The molecule has 1 saturated heterocycles. The number of ether oxygens (including phenoxy) is 1. The van der Waals surface area contributed by atoms with Crippen molar-refractivity contribution in [2.75, 3.05) is 37.7 Å². The van der Waals surface area contributed by atoms with Crippen LogP contribution in [0.1, 0.15) is 23.0 Å². The highest BCUT2D eigenvalue weighted by Crippen LogP contribution is 2.26. The summed E-state index contributed by atoms with van der Waals surface area (Å²) in [7, 11) is 0. The highest BCUT2D eigenvalue weighted by molar-refractivity contribution is 5.93. The van der Waals surface area contributed by atoms with Crippen LogP contribution in [0.25, 0.3) is 11.0 Å². The van der Waals surface area contributed by atoms with Crippen LogP contribution in [0.15, 0.2) is 59.0 Å². The molecule has 0 saturated carbocycles. The molecular weight excluding hydrogens is 368 g/mol. The average molecular weight is 392 g/mol. The molecule has 0 aliphatic carbocycles. The van der Waals surface area contributed by atoms with Crippen LogP contribution in [0.5, 0.6) is 0 Å². The number of hydrogen-bond donors (Lipinski definition) is 0. The van der Waals surface area contributed by atoms with Gasteiger partial charge in [0.25, 0.3) is 0 Å². The Balaban J connectivity index is 1.39. The first-order chi connectivity index (χ1) is 14.1. The molecule has 6 heteroatoms. The van der Waals surface area contributed by atoms with E-state index in [1.54, 1.807) is 13.0 Å². The molecular formula is C23H24N2O4. The van der Waals surface area contributed by atoms with Crippen molar-refractivity contribution in [3.05, 3.63) is 65.9 Å². The van der Waals surface area contributed by atoms with E-state index < -0.39 is 5.97 Å². The van der Waals surface area contributed by atoms with Gasteiger partial charge in [0.15, 0.2) is 0 Å². The van der Waals surface area contributed by atoms with Crippen molar-refractivity contribution >= 4 is 28.5 Å². The van der Waals surface area contributed by atoms with Gasteiger partial charge in [-0.2, -0.15) is 0 Å². The van der Waals surface area contributed by atoms with E-state index in [0.29, 0.717) is 31.7 Å². The molecule has 0 radical (unpaired) electrons. The lowest BCUT2D eigenvalue weighted by atomic mass is 10.1. The Morgan fingerprint density at radius 3 is 2.48 bits per heavy atom. The lowest BCUT2D eigenvalue weighted by Gasteiger charge is -2.36. The molecule has 0 N–H and O–H groups in total. The third-order valence-electron chi connectivity index (χ3n) is 5.17. The Morgan fingerprint density at radius 1 is 1.00 bits per heavy atom. The minimum atomic E-state index is -0.448. The van der Waals surface area contributed by atoms with Gasteiger partial charge in [-0.1, -0.05) is 30.3 Å². The van der Waals surface area contributed by atoms with Gasteiger partial charge in [0.2, 0.25) is 11.7 Å². The molecule has 1 fully saturated rings. The van der Waals surface area contributed by atoms with Crippen molar-refractivity contribution in [2.24, 2.45) is 0 Å². The number of piperazine rings is 1. The molecule has 29 heavy (non-hydrogen) atoms. The molecule has 0 spiro atoms. The molecule has 1 aromatic heterocycles. The van der Waals surface area contributed by atoms with Gasteiger partial charge in [0, 0.05) is 37.3 Å². The third kappa shape index (κ3) is 4.26. The molecule has 2 heterocycles. The SMILES string of the molecule is CCOC(=O)c1cc2cc(N3CCN(C(=O)Cc4ccccc4)CC3)ccc2o1. The number of furan rings is 1. The van der Waals surface area contributed by atoms with E-state index in [4.69, 9.17) is 9.15 Å². The molecule has 1 aliphatic heterocycles. The zero-order chi connectivity index (χ0) is 20.2. The number of anilines is 1. The predicted octanol–water partition coefficient (Wildman–Crippen LogP) is 3.50. The van der Waals surface area contributed by atoms with Gasteiger partial charge in [0.05, 0.1) is 13.0 Å². The first kappa shape index (κ1) is 19.1. The molecule has 0 atom stereocenters. The van der Waals surface area contributed by atoms with Crippen LogP contribution in [-0.4, -0.2) is 49.6 Å². The number of hydrogen-bond acceptors (Lipinski definition) is 5. The number of fused-ring (bicyclic) bond motifs is 1. The summed E-state index contributed by atoms with van der Waals surface area (Å²) >= 11 is 0. The number of esters is 1. The first-order valence-corrected chi connectivity index (χ1v) is 9.91. The van der Waals surface area contributed by atoms with Crippen LogP contribution < -0.4 is 4.90 Å². The van der Waals surface area contributed by atoms with Crippen molar-refractivity contribution in [1.29, 1.82) is 0 Å². The monoisotopic (exact) mass is 392 g/mol. The number of amides is 1. The van der Waals surface area contributed by atoms with Crippen molar-refractivity contribution in [3.63, 3.8) is 0 Å². The maximum absolute atomic E-state index is 12.6. The number of carbonyl (C=O) groups excluding carboxylic acids is 2. The summed E-state index contributed by atoms with van der Waals surface area (Å²) in [6.07, 6.45) is 0.443. The Morgan fingerprint density at radius 2 is 1.76 bits per heavy atom. The van der Waals surface area contributed by atoms with Gasteiger partial charge in [-0.05, 0) is 36.8 Å². The van der Waals surface area contributed by atoms with Crippen LogP contribution in [0.4, 0.5) is 5.69 Å². The third-order valence-corrected chi connectivity index (χ3v) is 5.17. The number of carbonyl (C=O) groups is 2. The van der Waals surface area contributed by atoms with Gasteiger partial charge in [-0.15, -0.1) is 0 Å². The normalized spacial score (nSPS) is 14.2. The maximum Gasteiger partial charge on any atom is 0.374 e. The molecule has 6 nitrogen and oxygen atoms in total. The summed E-state index contributed by atoms with van der Waals surface area (Å²) in [6, 6.07) is 17.4. The van der Waals surface area contributed by atoms with Crippen molar-refractivity contribution < 1.29 is 18.7 Å². The molecule has 0 bridgehead atoms. The fraction of sp³-hybridized carbons (Fsp3) is 0.304. The number of nitrogens with zero attached hydrogens (tertiary/aromatic N) is 2. The van der Waals surface area contributed by atoms with Gasteiger partial charge >= 0.3 is 5.97 Å². The maximum atomic E-state index is 12.6. The molecule has 1 amide bonds. The van der Waals surface area contributed by atoms with E-state index in [0.717, 1.165) is 29.7 Å². The molecule has 150 valence electrons. The van der Waals surface area contributed by atoms with E-state index in [2.05, 4.69) is 4.90 Å².